The second-order valence-corrected chi connectivity index (χ2v) is 3.31. The molecule has 0 saturated heterocycles. The van der Waals surface area contributed by atoms with Gasteiger partial charge in [0.2, 0.25) is 0 Å². The zero-order valence-electron chi connectivity index (χ0n) is 7.79. The van der Waals surface area contributed by atoms with E-state index in [0.717, 1.165) is 5.65 Å². The van der Waals surface area contributed by atoms with Gasteiger partial charge in [0.15, 0.2) is 11.6 Å². The molecule has 0 heterocycles. The van der Waals surface area contributed by atoms with Crippen LogP contribution in [0.3, 0.4) is 0 Å². The van der Waals surface area contributed by atoms with Gasteiger partial charge in [0.25, 0.3) is 0 Å². The quantitative estimate of drug-likeness (QED) is 0.214. The summed E-state index contributed by atoms with van der Waals surface area (Å²) in [7, 11) is -4.67. The van der Waals surface area contributed by atoms with Crippen LogP contribution in [0.2, 0.25) is 0 Å². The first kappa shape index (κ1) is 15.6. The Morgan fingerprint density at radius 2 is 1.59 bits per heavy atom. The van der Waals surface area contributed by atoms with Gasteiger partial charge in [-0.15, -0.1) is 4.48 Å². The number of hydrogen-bond acceptors (Lipinski definition) is 4. The van der Waals surface area contributed by atoms with Crippen molar-refractivity contribution in [3.63, 3.8) is 0 Å². The number of hydrazine groups is 1. The fraction of sp³-hybridized carbons (Fsp3) is 0. The van der Waals surface area contributed by atoms with Gasteiger partial charge in [-0.2, -0.15) is 8.42 Å². The van der Waals surface area contributed by atoms with Gasteiger partial charge >= 0.3 is 10.4 Å². The monoisotopic (exact) mass is 278 g/mol. The Kier molecular flexibility index (Phi) is 5.81. The molecular weight excluding hydrogens is 272 g/mol. The second-order valence-electron chi connectivity index (χ2n) is 2.42. The zero-order valence-corrected chi connectivity index (χ0v) is 8.60. The number of halogens is 4. The summed E-state index contributed by atoms with van der Waals surface area (Å²) in [6.07, 6.45) is 0. The van der Waals surface area contributed by atoms with Gasteiger partial charge in [0, 0.05) is 12.1 Å². The molecule has 0 saturated carbocycles. The predicted octanol–water partition coefficient (Wildman–Crippen LogP) is 1.25. The molecule has 0 fully saturated rings. The largest absolute Gasteiger partial charge is 0.394 e. The number of nitrogens with one attached hydrogen (secondary N) is 2. The maximum atomic E-state index is 12.6. The van der Waals surface area contributed by atoms with Crippen LogP contribution >= 0.6 is 0 Å². The van der Waals surface area contributed by atoms with Crippen molar-refractivity contribution in [1.29, 1.82) is 0 Å². The lowest BCUT2D eigenvalue weighted by Gasteiger charge is -2.03. The van der Waals surface area contributed by atoms with Crippen LogP contribution in [0.25, 0.3) is 0 Å². The van der Waals surface area contributed by atoms with E-state index in [0.29, 0.717) is 12.1 Å². The third kappa shape index (κ3) is 7.46. The number of hydrogen-bond donors (Lipinski definition) is 4. The van der Waals surface area contributed by atoms with Gasteiger partial charge < -0.3 is 0 Å². The van der Waals surface area contributed by atoms with Crippen molar-refractivity contribution in [2.75, 3.05) is 5.43 Å². The zero-order chi connectivity index (χ0) is 13.6. The number of anilines is 1. The van der Waals surface area contributed by atoms with Gasteiger partial charge in [-0.1, -0.05) is 5.65 Å². The fourth-order valence-corrected chi connectivity index (χ4v) is 0.698. The normalized spacial score (nSPS) is 10.5. The van der Waals surface area contributed by atoms with Crippen LogP contribution in [0.1, 0.15) is 0 Å². The lowest BCUT2D eigenvalue weighted by Crippen LogP contribution is -2.12. The molecule has 6 nitrogen and oxygen atoms in total. The minimum Gasteiger partial charge on any atom is -0.291 e. The summed E-state index contributed by atoms with van der Waals surface area (Å²) in [6.45, 7) is 0. The second kappa shape index (κ2) is 6.34. The highest BCUT2D eigenvalue weighted by molar-refractivity contribution is 7.79. The van der Waals surface area contributed by atoms with Crippen molar-refractivity contribution in [3.05, 3.63) is 29.6 Å². The molecule has 0 aliphatic carbocycles. The molecular formula is C6H6F4N2O4S. The highest BCUT2D eigenvalue weighted by Crippen LogP contribution is 2.17. The molecule has 0 bridgehead atoms. The molecule has 0 amide bonds. The van der Waals surface area contributed by atoms with E-state index in [4.69, 9.17) is 17.5 Å². The van der Waals surface area contributed by atoms with Gasteiger partial charge in [-0.3, -0.25) is 14.5 Å². The van der Waals surface area contributed by atoms with Crippen molar-refractivity contribution < 1.29 is 35.2 Å². The van der Waals surface area contributed by atoms with Crippen LogP contribution in [0.5, 0.6) is 0 Å². The van der Waals surface area contributed by atoms with Crippen molar-refractivity contribution in [1.82, 2.24) is 5.65 Å². The van der Waals surface area contributed by atoms with E-state index in [9.17, 15) is 17.7 Å². The predicted molar refractivity (Wildman–Crippen MR) is 48.4 cm³/mol. The van der Waals surface area contributed by atoms with Crippen molar-refractivity contribution in [3.8, 4) is 0 Å². The minimum atomic E-state index is -4.67. The van der Waals surface area contributed by atoms with Crippen LogP contribution < -0.4 is 11.1 Å². The maximum absolute atomic E-state index is 12.6. The van der Waals surface area contributed by atoms with E-state index in [2.05, 4.69) is 0 Å². The van der Waals surface area contributed by atoms with E-state index >= 15 is 0 Å². The Morgan fingerprint density at radius 1 is 1.12 bits per heavy atom. The van der Waals surface area contributed by atoms with E-state index in [1.54, 1.807) is 5.43 Å². The lowest BCUT2D eigenvalue weighted by molar-refractivity contribution is 0.372. The SMILES string of the molecule is FNNc1cc(F)cc(F)c1F.O=S(=O)(O)O. The van der Waals surface area contributed by atoms with Crippen LogP contribution in [0.4, 0.5) is 23.3 Å². The Hall–Kier alpha value is -1.43. The van der Waals surface area contributed by atoms with E-state index < -0.39 is 33.5 Å². The molecule has 4 N–H and O–H groups in total. The van der Waals surface area contributed by atoms with Crippen molar-refractivity contribution in [2.45, 2.75) is 0 Å². The molecule has 0 aromatic heterocycles. The molecule has 0 aliphatic rings. The smallest absolute Gasteiger partial charge is 0.291 e. The Bertz CT molecular complexity index is 473. The van der Waals surface area contributed by atoms with E-state index in [1.165, 1.54) is 0 Å². The average molecular weight is 278 g/mol. The van der Waals surface area contributed by atoms with Crippen LogP contribution in [-0.4, -0.2) is 17.5 Å². The highest BCUT2D eigenvalue weighted by Gasteiger charge is 2.09. The Balaban J connectivity index is 0.000000437. The van der Waals surface area contributed by atoms with Crippen molar-refractivity contribution in [2.24, 2.45) is 0 Å². The molecule has 1 aromatic rings. The van der Waals surface area contributed by atoms with Gasteiger partial charge in [0.05, 0.1) is 5.69 Å². The molecule has 1 aromatic carbocycles. The first-order valence-electron chi connectivity index (χ1n) is 3.61. The molecule has 0 aliphatic heterocycles. The van der Waals surface area contributed by atoms with Crippen molar-refractivity contribution >= 4 is 16.1 Å². The Labute approximate surface area is 92.7 Å². The molecule has 98 valence electrons. The van der Waals surface area contributed by atoms with Gasteiger partial charge in [0.1, 0.15) is 5.82 Å². The summed E-state index contributed by atoms with van der Waals surface area (Å²) >= 11 is 0. The maximum Gasteiger partial charge on any atom is 0.394 e. The summed E-state index contributed by atoms with van der Waals surface area (Å²) < 4.78 is 80.2. The molecule has 11 heteroatoms. The van der Waals surface area contributed by atoms with Gasteiger partial charge in [-0.25, -0.2) is 13.2 Å². The Morgan fingerprint density at radius 3 is 2.00 bits per heavy atom. The standard InChI is InChI=1S/C6H4F4N2.H2O4S/c7-3-1-4(8)6(9)5(2-3)11-12-10;1-5(2,3)4/h1-2,11-12H;(H2,1,2,3,4). The number of rotatable bonds is 2. The van der Waals surface area contributed by atoms with E-state index in [1.807, 2.05) is 0 Å². The first-order chi connectivity index (χ1) is 7.65. The molecule has 0 spiro atoms. The number of benzene rings is 1. The third-order valence-corrected chi connectivity index (χ3v) is 1.17. The summed E-state index contributed by atoms with van der Waals surface area (Å²) in [6, 6.07) is 0.976. The van der Waals surface area contributed by atoms with Gasteiger partial charge in [-0.05, 0) is 0 Å². The van der Waals surface area contributed by atoms with Crippen LogP contribution in [0.15, 0.2) is 12.1 Å². The molecule has 0 unspecified atom stereocenters. The molecule has 17 heavy (non-hydrogen) atoms. The van der Waals surface area contributed by atoms with E-state index in [-0.39, 0.29) is 0 Å². The fourth-order valence-electron chi connectivity index (χ4n) is 0.698. The molecule has 0 atom stereocenters. The van der Waals surface area contributed by atoms with Crippen LogP contribution in [0, 0.1) is 17.5 Å². The third-order valence-electron chi connectivity index (χ3n) is 1.17. The topological polar surface area (TPSA) is 98.7 Å². The van der Waals surface area contributed by atoms with Crippen LogP contribution in [-0.2, 0) is 10.4 Å². The summed E-state index contributed by atoms with van der Waals surface area (Å²) in [4.78, 5) is 0. The highest BCUT2D eigenvalue weighted by atomic mass is 32.3. The molecule has 1 rings (SSSR count). The lowest BCUT2D eigenvalue weighted by atomic mass is 10.3. The first-order valence-corrected chi connectivity index (χ1v) is 5.01. The molecule has 0 radical (unpaired) electrons. The average Bonchev–Trinajstić information content (AvgIpc) is 2.11. The minimum absolute atomic E-state index is 0.360. The summed E-state index contributed by atoms with van der Waals surface area (Å²) in [5.74, 6) is -3.72. The summed E-state index contributed by atoms with van der Waals surface area (Å²) in [5, 5.41) is 0. The summed E-state index contributed by atoms with van der Waals surface area (Å²) in [5.41, 5.74) is 1.81.